The molecule has 2 aliphatic carbocycles. The van der Waals surface area contributed by atoms with Crippen LogP contribution in [0.3, 0.4) is 0 Å². The van der Waals surface area contributed by atoms with Crippen LogP contribution in [0.2, 0.25) is 0 Å². The Bertz CT molecular complexity index is 1800. The molecule has 0 radical (unpaired) electrons. The van der Waals surface area contributed by atoms with Crippen molar-refractivity contribution in [3.8, 4) is 23.7 Å². The van der Waals surface area contributed by atoms with Crippen molar-refractivity contribution in [2.45, 2.75) is 59.0 Å². The van der Waals surface area contributed by atoms with Gasteiger partial charge in [0.05, 0.1) is 35.0 Å². The number of nitrogens with one attached hydrogen (secondary N) is 3. The van der Waals surface area contributed by atoms with Crippen LogP contribution in [0.1, 0.15) is 67.6 Å². The summed E-state index contributed by atoms with van der Waals surface area (Å²) >= 11 is 0. The Labute approximate surface area is 284 Å². The predicted octanol–water partition coefficient (Wildman–Crippen LogP) is 5.68. The number of benzene rings is 2. The molecule has 12 heteroatoms. The second-order valence-corrected chi connectivity index (χ2v) is 11.7. The molecule has 0 atom stereocenters. The lowest BCUT2D eigenvalue weighted by atomic mass is 9.93. The van der Waals surface area contributed by atoms with Crippen LogP contribution < -0.4 is 20.7 Å². The highest BCUT2D eigenvalue weighted by molar-refractivity contribution is 6.35. The smallest absolute Gasteiger partial charge is 0.404 e. The normalized spacial score (nSPS) is 15.9. The van der Waals surface area contributed by atoms with Crippen molar-refractivity contribution in [2.75, 3.05) is 13.6 Å². The van der Waals surface area contributed by atoms with Crippen molar-refractivity contribution >= 4 is 23.4 Å². The minimum absolute atomic E-state index is 0.0569. The van der Waals surface area contributed by atoms with Crippen molar-refractivity contribution in [3.05, 3.63) is 100 Å². The van der Waals surface area contributed by atoms with Crippen molar-refractivity contribution < 1.29 is 32.3 Å². The number of rotatable bonds is 7. The first-order valence-corrected chi connectivity index (χ1v) is 15.5. The largest absolute Gasteiger partial charge is 0.573 e. The van der Waals surface area contributed by atoms with Gasteiger partial charge in [-0.25, -0.2) is 0 Å². The van der Waals surface area contributed by atoms with Gasteiger partial charge in [-0.1, -0.05) is 63.0 Å². The summed E-state index contributed by atoms with van der Waals surface area (Å²) in [5, 5.41) is 16.8. The molecule has 3 amide bonds. The Balaban J connectivity index is 0.00000154. The van der Waals surface area contributed by atoms with E-state index >= 15 is 0 Å². The molecule has 1 saturated carbocycles. The maximum absolute atomic E-state index is 13.3. The maximum Gasteiger partial charge on any atom is 0.573 e. The molecular formula is C37H38F3N5O4. The molecule has 0 aromatic heterocycles. The minimum atomic E-state index is -5.00. The van der Waals surface area contributed by atoms with Gasteiger partial charge in [0.25, 0.3) is 5.91 Å². The van der Waals surface area contributed by atoms with E-state index in [-0.39, 0.29) is 30.1 Å². The fourth-order valence-corrected chi connectivity index (χ4v) is 4.58. The van der Waals surface area contributed by atoms with Crippen molar-refractivity contribution in [2.24, 2.45) is 10.9 Å². The van der Waals surface area contributed by atoms with Crippen LogP contribution in [0, 0.1) is 29.1 Å². The quantitative estimate of drug-likeness (QED) is 0.257. The van der Waals surface area contributed by atoms with Crippen LogP contribution in [-0.4, -0.2) is 48.9 Å². The van der Waals surface area contributed by atoms with Crippen molar-refractivity contribution in [1.29, 1.82) is 5.26 Å². The third kappa shape index (κ3) is 11.2. The van der Waals surface area contributed by atoms with Crippen LogP contribution in [0.25, 0.3) is 0 Å². The molecule has 9 nitrogen and oxygen atoms in total. The minimum Gasteiger partial charge on any atom is -0.404 e. The fraction of sp³-hybridized carbons (Fsp3) is 0.324. The van der Waals surface area contributed by atoms with Gasteiger partial charge in [-0.3, -0.25) is 19.4 Å². The van der Waals surface area contributed by atoms with Gasteiger partial charge in [0.15, 0.2) is 0 Å². The van der Waals surface area contributed by atoms with Crippen LogP contribution in [0.5, 0.6) is 5.75 Å². The molecule has 2 aromatic rings. The number of alkyl halides is 3. The second kappa shape index (κ2) is 17.0. The van der Waals surface area contributed by atoms with Gasteiger partial charge in [-0.05, 0) is 78.8 Å². The molecule has 0 spiro atoms. The highest BCUT2D eigenvalue weighted by Crippen LogP contribution is 2.44. The SMILES string of the molecule is C/C=C1/C=C(C2(NC(=O)c3ccccc3CNC(=O)C(=O)NCC#Cc3ccc(C#N)cc3OC(F)(F)F)CC2)C=CC1=NC.CC(C)C. The van der Waals surface area contributed by atoms with Crippen LogP contribution >= 0.6 is 0 Å². The number of aliphatic imine (C=N–C) groups is 1. The molecule has 0 saturated heterocycles. The Morgan fingerprint density at radius 3 is 2.35 bits per heavy atom. The lowest BCUT2D eigenvalue weighted by molar-refractivity contribution is -0.274. The number of carbonyl (C=O) groups excluding carboxylic acids is 3. The van der Waals surface area contributed by atoms with Crippen LogP contribution in [-0.2, 0) is 16.1 Å². The number of hydrogen-bond donors (Lipinski definition) is 3. The molecule has 256 valence electrons. The summed E-state index contributed by atoms with van der Waals surface area (Å²) in [6.45, 7) is 7.96. The monoisotopic (exact) mass is 673 g/mol. The zero-order valence-electron chi connectivity index (χ0n) is 27.9. The fourth-order valence-electron chi connectivity index (χ4n) is 4.58. The third-order valence-corrected chi connectivity index (χ3v) is 7.04. The van der Waals surface area contributed by atoms with E-state index in [4.69, 9.17) is 5.26 Å². The van der Waals surface area contributed by atoms with Crippen LogP contribution in [0.15, 0.2) is 82.9 Å². The molecule has 2 aliphatic rings. The van der Waals surface area contributed by atoms with E-state index in [9.17, 15) is 27.6 Å². The summed E-state index contributed by atoms with van der Waals surface area (Å²) < 4.78 is 42.1. The number of allylic oxidation sites excluding steroid dienone is 4. The average molecular weight is 674 g/mol. The molecule has 4 rings (SSSR count). The summed E-state index contributed by atoms with van der Waals surface area (Å²) in [4.78, 5) is 42.3. The van der Waals surface area contributed by atoms with Crippen LogP contribution in [0.4, 0.5) is 13.2 Å². The molecule has 0 unspecified atom stereocenters. The lowest BCUT2D eigenvalue weighted by Gasteiger charge is -2.23. The molecule has 0 bridgehead atoms. The van der Waals surface area contributed by atoms with Gasteiger partial charge in [0.1, 0.15) is 5.75 Å². The molecule has 1 fully saturated rings. The van der Waals surface area contributed by atoms with E-state index < -0.39 is 29.5 Å². The number of nitrogens with zero attached hydrogens (tertiary/aromatic N) is 2. The van der Waals surface area contributed by atoms with Gasteiger partial charge in [-0.2, -0.15) is 5.26 Å². The van der Waals surface area contributed by atoms with Gasteiger partial charge in [0, 0.05) is 19.2 Å². The first-order chi connectivity index (χ1) is 23.2. The standard InChI is InChI=1S/C33H28F3N5O4.C4H10/c1-3-22-18-25(12-13-27(22)38-2)32(14-15-32)41-29(42)26-9-5-4-7-24(26)20-40-31(44)30(43)39-16-6-8-23-11-10-21(19-37)17-28(23)45-33(34,35)36;1-4(2)3/h3-5,7,9-13,17-18H,14-16,20H2,1-2H3,(H,39,43)(H,40,44)(H,41,42);4H,1-3H3/b22-3-,38-27?;. The summed E-state index contributed by atoms with van der Waals surface area (Å²) in [5.74, 6) is 2.71. The summed E-state index contributed by atoms with van der Waals surface area (Å²) in [7, 11) is 1.72. The zero-order valence-corrected chi connectivity index (χ0v) is 27.9. The number of nitriles is 1. The van der Waals surface area contributed by atoms with E-state index in [1.54, 1.807) is 37.4 Å². The van der Waals surface area contributed by atoms with Gasteiger partial charge in [0.2, 0.25) is 0 Å². The summed E-state index contributed by atoms with van der Waals surface area (Å²) in [6.07, 6.45) is 4.40. The Kier molecular flexibility index (Phi) is 13.1. The lowest BCUT2D eigenvalue weighted by Crippen LogP contribution is -2.41. The Morgan fingerprint density at radius 2 is 1.73 bits per heavy atom. The predicted molar refractivity (Wildman–Crippen MR) is 180 cm³/mol. The Morgan fingerprint density at radius 1 is 1.06 bits per heavy atom. The van der Waals surface area contributed by atoms with Gasteiger partial charge >= 0.3 is 18.2 Å². The average Bonchev–Trinajstić information content (AvgIpc) is 3.85. The first kappa shape index (κ1) is 37.8. The maximum atomic E-state index is 13.3. The highest BCUT2D eigenvalue weighted by Gasteiger charge is 2.47. The second-order valence-electron chi connectivity index (χ2n) is 11.7. The van der Waals surface area contributed by atoms with Gasteiger partial charge < -0.3 is 20.7 Å². The third-order valence-electron chi connectivity index (χ3n) is 7.04. The number of halogens is 3. The Hall–Kier alpha value is -5.62. The number of ether oxygens (including phenoxy) is 1. The number of hydrogen-bond acceptors (Lipinski definition) is 6. The van der Waals surface area contributed by atoms with E-state index in [0.717, 1.165) is 41.7 Å². The van der Waals surface area contributed by atoms with Crippen molar-refractivity contribution in [3.63, 3.8) is 0 Å². The molecular weight excluding hydrogens is 635 g/mol. The first-order valence-electron chi connectivity index (χ1n) is 15.5. The van der Waals surface area contributed by atoms with E-state index in [1.807, 2.05) is 31.2 Å². The summed E-state index contributed by atoms with van der Waals surface area (Å²) in [6, 6.07) is 11.8. The topological polar surface area (TPSA) is 133 Å². The van der Waals surface area contributed by atoms with Gasteiger partial charge in [-0.15, -0.1) is 13.2 Å². The van der Waals surface area contributed by atoms with E-state index in [2.05, 4.69) is 58.3 Å². The highest BCUT2D eigenvalue weighted by atomic mass is 19.4. The molecule has 0 heterocycles. The van der Waals surface area contributed by atoms with Crippen molar-refractivity contribution in [1.82, 2.24) is 16.0 Å². The molecule has 3 N–H and O–H groups in total. The number of amides is 3. The zero-order chi connectivity index (χ0) is 36.2. The summed E-state index contributed by atoms with van der Waals surface area (Å²) in [5.41, 5.74) is 2.92. The van der Waals surface area contributed by atoms with E-state index in [0.29, 0.717) is 11.1 Å². The molecule has 0 aliphatic heterocycles. The molecule has 2 aromatic carbocycles. The molecule has 49 heavy (non-hydrogen) atoms. The van der Waals surface area contributed by atoms with E-state index in [1.165, 1.54) is 12.1 Å². The number of carbonyl (C=O) groups is 3.